The van der Waals surface area contributed by atoms with Gasteiger partial charge in [-0.25, -0.2) is 0 Å². The van der Waals surface area contributed by atoms with Crippen molar-refractivity contribution < 1.29 is 14.7 Å². The molecule has 86 valence electrons. The topological polar surface area (TPSA) is 57.6 Å². The molecule has 0 aliphatic carbocycles. The number of thiophene rings is 1. The van der Waals surface area contributed by atoms with Gasteiger partial charge < -0.3 is 10.0 Å². The average molecular weight is 239 g/mol. The lowest BCUT2D eigenvalue weighted by atomic mass is 10.1. The molecule has 1 fully saturated rings. The van der Waals surface area contributed by atoms with E-state index in [1.807, 2.05) is 13.0 Å². The largest absolute Gasteiger partial charge is 0.481 e. The van der Waals surface area contributed by atoms with Crippen LogP contribution in [0.5, 0.6) is 0 Å². The van der Waals surface area contributed by atoms with Crippen LogP contribution in [0.15, 0.2) is 12.1 Å². The summed E-state index contributed by atoms with van der Waals surface area (Å²) in [6.45, 7) is 2.84. The summed E-state index contributed by atoms with van der Waals surface area (Å²) in [5, 5.41) is 8.85. The van der Waals surface area contributed by atoms with Crippen molar-refractivity contribution >= 4 is 23.2 Å². The number of hydrogen-bond acceptors (Lipinski definition) is 3. The number of likely N-dealkylation sites (tertiary alicyclic amines) is 1. The number of carbonyl (C=O) groups is 2. The Kier molecular flexibility index (Phi) is 2.96. The molecule has 0 bridgehead atoms. The van der Waals surface area contributed by atoms with Gasteiger partial charge in [0.1, 0.15) is 0 Å². The third-order valence-electron chi connectivity index (χ3n) is 2.78. The fraction of sp³-hybridized carbons (Fsp3) is 0.455. The summed E-state index contributed by atoms with van der Waals surface area (Å²) in [5.41, 5.74) is 0. The minimum atomic E-state index is -0.808. The molecule has 2 heterocycles. The van der Waals surface area contributed by atoms with Crippen molar-refractivity contribution in [2.24, 2.45) is 5.92 Å². The summed E-state index contributed by atoms with van der Waals surface area (Å²) in [6.07, 6.45) is 0.561. The minimum absolute atomic E-state index is 0.0400. The molecule has 0 aromatic carbocycles. The zero-order chi connectivity index (χ0) is 11.7. The Labute approximate surface area is 97.5 Å². The van der Waals surface area contributed by atoms with Gasteiger partial charge in [-0.15, -0.1) is 11.3 Å². The fourth-order valence-electron chi connectivity index (χ4n) is 1.85. The fourth-order valence-corrected chi connectivity index (χ4v) is 2.69. The van der Waals surface area contributed by atoms with Crippen molar-refractivity contribution in [3.05, 3.63) is 21.9 Å². The van der Waals surface area contributed by atoms with E-state index in [0.717, 1.165) is 4.88 Å². The Bertz CT molecular complexity index is 427. The van der Waals surface area contributed by atoms with Gasteiger partial charge in [-0.3, -0.25) is 9.59 Å². The highest BCUT2D eigenvalue weighted by Crippen LogP contribution is 2.22. The van der Waals surface area contributed by atoms with Crippen LogP contribution in [-0.2, 0) is 4.79 Å². The van der Waals surface area contributed by atoms with Gasteiger partial charge in [0.25, 0.3) is 5.91 Å². The number of carboxylic acid groups (broad SMARTS) is 1. The predicted octanol–water partition coefficient (Wildman–Crippen LogP) is 1.60. The van der Waals surface area contributed by atoms with E-state index >= 15 is 0 Å². The highest BCUT2D eigenvalue weighted by Gasteiger charge is 2.31. The molecule has 1 saturated heterocycles. The van der Waals surface area contributed by atoms with Gasteiger partial charge in [-0.1, -0.05) is 0 Å². The first-order valence-electron chi connectivity index (χ1n) is 5.16. The van der Waals surface area contributed by atoms with Crippen LogP contribution in [0.2, 0.25) is 0 Å². The van der Waals surface area contributed by atoms with Crippen molar-refractivity contribution in [2.75, 3.05) is 13.1 Å². The number of carboxylic acids is 1. The van der Waals surface area contributed by atoms with Gasteiger partial charge in [0.05, 0.1) is 10.8 Å². The quantitative estimate of drug-likeness (QED) is 0.853. The Morgan fingerprint density at radius 3 is 2.75 bits per heavy atom. The summed E-state index contributed by atoms with van der Waals surface area (Å²) in [6, 6.07) is 3.71. The molecule has 16 heavy (non-hydrogen) atoms. The first-order valence-corrected chi connectivity index (χ1v) is 5.98. The summed E-state index contributed by atoms with van der Waals surface area (Å²) in [4.78, 5) is 26.2. The molecule has 0 spiro atoms. The third kappa shape index (κ3) is 2.09. The maximum atomic E-state index is 12.0. The summed E-state index contributed by atoms with van der Waals surface area (Å²) in [7, 11) is 0. The molecule has 0 saturated carbocycles. The first kappa shape index (κ1) is 11.1. The van der Waals surface area contributed by atoms with Crippen molar-refractivity contribution in [3.8, 4) is 0 Å². The van der Waals surface area contributed by atoms with Crippen molar-refractivity contribution in [3.63, 3.8) is 0 Å². The number of carbonyl (C=O) groups excluding carboxylic acids is 1. The molecule has 1 aromatic heterocycles. The molecule has 0 unspecified atom stereocenters. The van der Waals surface area contributed by atoms with Gasteiger partial charge in [-0.05, 0) is 25.5 Å². The molecule has 1 aliphatic heterocycles. The molecule has 4 nitrogen and oxygen atoms in total. The van der Waals surface area contributed by atoms with E-state index in [1.54, 1.807) is 11.0 Å². The van der Waals surface area contributed by atoms with Gasteiger partial charge in [0, 0.05) is 18.0 Å². The number of rotatable bonds is 2. The molecule has 1 N–H and O–H groups in total. The Balaban J connectivity index is 2.05. The third-order valence-corrected chi connectivity index (χ3v) is 3.76. The number of nitrogens with zero attached hydrogens (tertiary/aromatic N) is 1. The van der Waals surface area contributed by atoms with Gasteiger partial charge in [-0.2, -0.15) is 0 Å². The molecule has 1 aliphatic rings. The molecular weight excluding hydrogens is 226 g/mol. The van der Waals surface area contributed by atoms with Crippen LogP contribution in [0.4, 0.5) is 0 Å². The average Bonchev–Trinajstić information content (AvgIpc) is 2.84. The monoisotopic (exact) mass is 239 g/mol. The molecule has 2 rings (SSSR count). The maximum absolute atomic E-state index is 12.0. The highest BCUT2D eigenvalue weighted by atomic mass is 32.1. The lowest BCUT2D eigenvalue weighted by Crippen LogP contribution is -2.29. The van der Waals surface area contributed by atoms with Crippen molar-refractivity contribution in [1.82, 2.24) is 4.90 Å². The van der Waals surface area contributed by atoms with E-state index in [2.05, 4.69) is 0 Å². The van der Waals surface area contributed by atoms with Gasteiger partial charge in [0.2, 0.25) is 0 Å². The molecule has 0 radical (unpaired) electrons. The second-order valence-electron chi connectivity index (χ2n) is 3.99. The zero-order valence-electron chi connectivity index (χ0n) is 8.97. The SMILES string of the molecule is Cc1ccc(C(=O)N2CC[C@@H](C(=O)O)C2)s1. The number of aliphatic carboxylic acids is 1. The molecule has 1 aromatic rings. The van der Waals surface area contributed by atoms with Crippen LogP contribution >= 0.6 is 11.3 Å². The number of hydrogen-bond donors (Lipinski definition) is 1. The van der Waals surface area contributed by atoms with E-state index in [9.17, 15) is 9.59 Å². The van der Waals surface area contributed by atoms with Crippen LogP contribution in [0.1, 0.15) is 21.0 Å². The Hall–Kier alpha value is -1.36. The van der Waals surface area contributed by atoms with Crippen molar-refractivity contribution in [2.45, 2.75) is 13.3 Å². The van der Waals surface area contributed by atoms with Crippen LogP contribution in [0.25, 0.3) is 0 Å². The molecular formula is C11H13NO3S. The van der Waals surface area contributed by atoms with E-state index in [0.29, 0.717) is 24.4 Å². The van der Waals surface area contributed by atoms with Crippen molar-refractivity contribution in [1.29, 1.82) is 0 Å². The minimum Gasteiger partial charge on any atom is -0.481 e. The Morgan fingerprint density at radius 2 is 2.25 bits per heavy atom. The Morgan fingerprint density at radius 1 is 1.50 bits per heavy atom. The zero-order valence-corrected chi connectivity index (χ0v) is 9.79. The van der Waals surface area contributed by atoms with E-state index < -0.39 is 11.9 Å². The highest BCUT2D eigenvalue weighted by molar-refractivity contribution is 7.13. The molecule has 1 amide bonds. The molecule has 1 atom stereocenters. The predicted molar refractivity (Wildman–Crippen MR) is 60.7 cm³/mol. The van der Waals surface area contributed by atoms with Crippen LogP contribution in [-0.4, -0.2) is 35.0 Å². The summed E-state index contributed by atoms with van der Waals surface area (Å²) >= 11 is 1.45. The summed E-state index contributed by atoms with van der Waals surface area (Å²) < 4.78 is 0. The second-order valence-corrected chi connectivity index (χ2v) is 5.27. The van der Waals surface area contributed by atoms with Crippen LogP contribution in [0.3, 0.4) is 0 Å². The normalized spacial score (nSPS) is 20.1. The molecule has 5 heteroatoms. The van der Waals surface area contributed by atoms with Gasteiger partial charge in [0.15, 0.2) is 0 Å². The number of aryl methyl sites for hydroxylation is 1. The second kappa shape index (κ2) is 4.25. The van der Waals surface area contributed by atoms with Crippen LogP contribution in [0, 0.1) is 12.8 Å². The van der Waals surface area contributed by atoms with Gasteiger partial charge >= 0.3 is 5.97 Å². The summed E-state index contributed by atoms with van der Waals surface area (Å²) in [5.74, 6) is -1.25. The smallest absolute Gasteiger partial charge is 0.308 e. The van der Waals surface area contributed by atoms with E-state index in [-0.39, 0.29) is 5.91 Å². The maximum Gasteiger partial charge on any atom is 0.308 e. The standard InChI is InChI=1S/C11H13NO3S/c1-7-2-3-9(16-7)10(13)12-5-4-8(6-12)11(14)15/h2-3,8H,4-6H2,1H3,(H,14,15)/t8-/m1/s1. The van der Waals surface area contributed by atoms with E-state index in [1.165, 1.54) is 11.3 Å². The lowest BCUT2D eigenvalue weighted by Gasteiger charge is -2.14. The number of amides is 1. The lowest BCUT2D eigenvalue weighted by molar-refractivity contribution is -0.141. The van der Waals surface area contributed by atoms with E-state index in [4.69, 9.17) is 5.11 Å². The first-order chi connectivity index (χ1) is 7.58. The van der Waals surface area contributed by atoms with Crippen LogP contribution < -0.4 is 0 Å².